The van der Waals surface area contributed by atoms with Crippen molar-refractivity contribution in [2.45, 2.75) is 13.0 Å². The molecule has 0 bridgehead atoms. The van der Waals surface area contributed by atoms with Gasteiger partial charge in [-0.2, -0.15) is 0 Å². The number of anilines is 1. The third kappa shape index (κ3) is 6.73. The van der Waals surface area contributed by atoms with E-state index in [1.165, 1.54) is 0 Å². The standard InChI is InChI=1S/C33H34ClN5O4/c1-23(24-9-5-4-6-10-24)39(33(41)26-11-7-8-12-27(26)34)22-32(40)38-19-17-37(18-20-38)31-16-14-28(35-36-31)25-13-15-29(42-2)30(21-25)43-3/h4-16,21,23H,17-20,22H2,1-3H3/t23-/m0/s1. The van der Waals surface area contributed by atoms with E-state index in [2.05, 4.69) is 15.1 Å². The molecule has 5 rings (SSSR count). The van der Waals surface area contributed by atoms with E-state index >= 15 is 0 Å². The van der Waals surface area contributed by atoms with E-state index in [4.69, 9.17) is 21.1 Å². The molecule has 2 heterocycles. The van der Waals surface area contributed by atoms with Crippen LogP contribution in [0.15, 0.2) is 84.9 Å². The Morgan fingerprint density at radius 3 is 2.21 bits per heavy atom. The molecule has 4 aromatic rings. The molecule has 1 aliphatic rings. The molecule has 1 atom stereocenters. The van der Waals surface area contributed by atoms with Crippen molar-refractivity contribution >= 4 is 29.2 Å². The van der Waals surface area contributed by atoms with Gasteiger partial charge in [0.25, 0.3) is 5.91 Å². The van der Waals surface area contributed by atoms with Gasteiger partial charge < -0.3 is 24.2 Å². The first-order chi connectivity index (χ1) is 20.9. The topological polar surface area (TPSA) is 88.1 Å². The highest BCUT2D eigenvalue weighted by molar-refractivity contribution is 6.33. The minimum absolute atomic E-state index is 0.0556. The van der Waals surface area contributed by atoms with Gasteiger partial charge in [0.2, 0.25) is 5.91 Å². The fraction of sp³-hybridized carbons (Fsp3) is 0.273. The van der Waals surface area contributed by atoms with Crippen molar-refractivity contribution in [1.82, 2.24) is 20.0 Å². The van der Waals surface area contributed by atoms with Gasteiger partial charge in [-0.25, -0.2) is 0 Å². The number of piperazine rings is 1. The number of amides is 2. The minimum atomic E-state index is -0.324. The van der Waals surface area contributed by atoms with E-state index < -0.39 is 0 Å². The van der Waals surface area contributed by atoms with Gasteiger partial charge in [-0.3, -0.25) is 9.59 Å². The fourth-order valence-corrected chi connectivity index (χ4v) is 5.38. The summed E-state index contributed by atoms with van der Waals surface area (Å²) in [6.45, 7) is 4.09. The van der Waals surface area contributed by atoms with Crippen molar-refractivity contribution in [3.05, 3.63) is 101 Å². The van der Waals surface area contributed by atoms with Gasteiger partial charge in [-0.05, 0) is 55.0 Å². The van der Waals surface area contributed by atoms with Crippen molar-refractivity contribution < 1.29 is 19.1 Å². The maximum absolute atomic E-state index is 13.7. The largest absolute Gasteiger partial charge is 0.493 e. The van der Waals surface area contributed by atoms with E-state index in [9.17, 15) is 9.59 Å². The zero-order valence-corrected chi connectivity index (χ0v) is 25.2. The Morgan fingerprint density at radius 1 is 0.860 bits per heavy atom. The number of halogens is 1. The molecule has 10 heteroatoms. The molecule has 0 spiro atoms. The SMILES string of the molecule is COc1ccc(-c2ccc(N3CCN(C(=O)CN(C(=O)c4ccccc4Cl)[C@@H](C)c4ccccc4)CC3)nn2)cc1OC. The second kappa shape index (κ2) is 13.6. The Balaban J connectivity index is 1.25. The first kappa shape index (κ1) is 29.8. The summed E-state index contributed by atoms with van der Waals surface area (Å²) in [7, 11) is 3.19. The van der Waals surface area contributed by atoms with E-state index in [1.807, 2.05) is 67.6 Å². The number of aromatic nitrogens is 2. The predicted octanol–water partition coefficient (Wildman–Crippen LogP) is 5.37. The number of benzene rings is 3. The summed E-state index contributed by atoms with van der Waals surface area (Å²) in [5, 5.41) is 9.24. The number of ether oxygens (including phenoxy) is 2. The zero-order valence-electron chi connectivity index (χ0n) is 24.4. The third-order valence-electron chi connectivity index (χ3n) is 7.71. The fourth-order valence-electron chi connectivity index (χ4n) is 5.16. The van der Waals surface area contributed by atoms with Crippen LogP contribution in [0.5, 0.6) is 11.5 Å². The van der Waals surface area contributed by atoms with Gasteiger partial charge in [0.1, 0.15) is 6.54 Å². The van der Waals surface area contributed by atoms with E-state index in [1.54, 1.807) is 48.3 Å². The molecule has 0 unspecified atom stereocenters. The van der Waals surface area contributed by atoms with Crippen LogP contribution in [0.1, 0.15) is 28.9 Å². The molecule has 9 nitrogen and oxygen atoms in total. The van der Waals surface area contributed by atoms with Gasteiger partial charge in [0.15, 0.2) is 17.3 Å². The average molecular weight is 600 g/mol. The zero-order chi connectivity index (χ0) is 30.3. The van der Waals surface area contributed by atoms with Gasteiger partial charge >= 0.3 is 0 Å². The van der Waals surface area contributed by atoms with Gasteiger partial charge in [0, 0.05) is 31.7 Å². The third-order valence-corrected chi connectivity index (χ3v) is 8.04. The van der Waals surface area contributed by atoms with E-state index in [0.717, 1.165) is 16.9 Å². The summed E-state index contributed by atoms with van der Waals surface area (Å²) in [6, 6.07) is 25.8. The highest BCUT2D eigenvalue weighted by atomic mass is 35.5. The summed E-state index contributed by atoms with van der Waals surface area (Å²) in [5.74, 6) is 1.62. The molecule has 0 radical (unpaired) electrons. The van der Waals surface area contributed by atoms with Gasteiger partial charge in [-0.15, -0.1) is 10.2 Å². The Kier molecular flexibility index (Phi) is 9.41. The normalized spacial score (nSPS) is 13.8. The first-order valence-corrected chi connectivity index (χ1v) is 14.5. The van der Waals surface area contributed by atoms with Crippen LogP contribution in [0, 0.1) is 0 Å². The Morgan fingerprint density at radius 2 is 1.56 bits per heavy atom. The molecule has 1 fully saturated rings. The van der Waals surface area contributed by atoms with Crippen molar-refractivity contribution in [2.75, 3.05) is 51.8 Å². The second-order valence-electron chi connectivity index (χ2n) is 10.2. The van der Waals surface area contributed by atoms with Crippen molar-refractivity contribution in [1.29, 1.82) is 0 Å². The number of carbonyl (C=O) groups excluding carboxylic acids is 2. The molecule has 2 amide bonds. The van der Waals surface area contributed by atoms with Crippen LogP contribution in [0.3, 0.4) is 0 Å². The second-order valence-corrected chi connectivity index (χ2v) is 10.6. The molecule has 0 aliphatic carbocycles. The highest BCUT2D eigenvalue weighted by Gasteiger charge is 2.30. The molecule has 1 aliphatic heterocycles. The van der Waals surface area contributed by atoms with E-state index in [-0.39, 0.29) is 24.4 Å². The van der Waals surface area contributed by atoms with Crippen LogP contribution in [0.2, 0.25) is 5.02 Å². The number of rotatable bonds is 9. The molecule has 0 N–H and O–H groups in total. The highest BCUT2D eigenvalue weighted by Crippen LogP contribution is 2.32. The maximum atomic E-state index is 13.7. The Labute approximate surface area is 256 Å². The summed E-state index contributed by atoms with van der Waals surface area (Å²) < 4.78 is 10.7. The molecule has 0 saturated carbocycles. The minimum Gasteiger partial charge on any atom is -0.493 e. The number of methoxy groups -OCH3 is 2. The number of nitrogens with zero attached hydrogens (tertiary/aromatic N) is 5. The molecule has 3 aromatic carbocycles. The first-order valence-electron chi connectivity index (χ1n) is 14.1. The Bertz CT molecular complexity index is 1560. The smallest absolute Gasteiger partial charge is 0.256 e. The molecular weight excluding hydrogens is 566 g/mol. The molecule has 222 valence electrons. The quantitative estimate of drug-likeness (QED) is 0.256. The van der Waals surface area contributed by atoms with Crippen LogP contribution in [-0.4, -0.2) is 78.8 Å². The summed E-state index contributed by atoms with van der Waals surface area (Å²) >= 11 is 6.37. The lowest BCUT2D eigenvalue weighted by molar-refractivity contribution is -0.132. The molecule has 43 heavy (non-hydrogen) atoms. The lowest BCUT2D eigenvalue weighted by Gasteiger charge is -2.37. The Hall–Kier alpha value is -4.63. The number of hydrogen-bond donors (Lipinski definition) is 0. The monoisotopic (exact) mass is 599 g/mol. The number of hydrogen-bond acceptors (Lipinski definition) is 7. The van der Waals surface area contributed by atoms with Gasteiger partial charge in [-0.1, -0.05) is 54.1 Å². The van der Waals surface area contributed by atoms with Crippen molar-refractivity contribution in [2.24, 2.45) is 0 Å². The van der Waals surface area contributed by atoms with Crippen LogP contribution in [-0.2, 0) is 4.79 Å². The van der Waals surface area contributed by atoms with E-state index in [0.29, 0.717) is 54.0 Å². The van der Waals surface area contributed by atoms with Crippen molar-refractivity contribution in [3.63, 3.8) is 0 Å². The van der Waals surface area contributed by atoms with Crippen LogP contribution < -0.4 is 14.4 Å². The lowest BCUT2D eigenvalue weighted by atomic mass is 10.1. The average Bonchev–Trinajstić information content (AvgIpc) is 3.07. The molecule has 1 aromatic heterocycles. The predicted molar refractivity (Wildman–Crippen MR) is 167 cm³/mol. The summed E-state index contributed by atoms with van der Waals surface area (Å²) in [4.78, 5) is 32.7. The van der Waals surface area contributed by atoms with Crippen molar-refractivity contribution in [3.8, 4) is 22.8 Å². The lowest BCUT2D eigenvalue weighted by Crippen LogP contribution is -2.52. The van der Waals surface area contributed by atoms with Crippen LogP contribution >= 0.6 is 11.6 Å². The van der Waals surface area contributed by atoms with Gasteiger partial charge in [0.05, 0.1) is 36.5 Å². The van der Waals surface area contributed by atoms with Crippen LogP contribution in [0.4, 0.5) is 5.82 Å². The maximum Gasteiger partial charge on any atom is 0.256 e. The molecule has 1 saturated heterocycles. The number of carbonyl (C=O) groups is 2. The van der Waals surface area contributed by atoms with Crippen LogP contribution in [0.25, 0.3) is 11.3 Å². The summed E-state index contributed by atoms with van der Waals surface area (Å²) in [6.07, 6.45) is 0. The molecular formula is C33H34ClN5O4. The summed E-state index contributed by atoms with van der Waals surface area (Å²) in [5.41, 5.74) is 2.90.